The monoisotopic (exact) mass is 376 g/mol. The van der Waals surface area contributed by atoms with Gasteiger partial charge in [-0.3, -0.25) is 4.79 Å². The smallest absolute Gasteiger partial charge is 0.176 e. The maximum atomic E-state index is 12.4. The molecule has 0 aliphatic heterocycles. The zero-order chi connectivity index (χ0) is 19.1. The predicted octanol–water partition coefficient (Wildman–Crippen LogP) is 3.43. The molecule has 2 aromatic rings. The van der Waals surface area contributed by atoms with E-state index in [1.54, 1.807) is 32.4 Å². The third-order valence-corrected chi connectivity index (χ3v) is 4.52. The fraction of sp³-hybridized carbons (Fsp3) is 0.350. The summed E-state index contributed by atoms with van der Waals surface area (Å²) in [6.07, 6.45) is 0. The molecule has 26 heavy (non-hydrogen) atoms. The number of halogens is 1. The lowest BCUT2D eigenvalue weighted by Gasteiger charge is -2.25. The Labute approximate surface area is 159 Å². The first-order chi connectivity index (χ1) is 12.5. The van der Waals surface area contributed by atoms with Crippen LogP contribution in [0.4, 0.5) is 0 Å². The van der Waals surface area contributed by atoms with Gasteiger partial charge in [-0.15, -0.1) is 0 Å². The van der Waals surface area contributed by atoms with Gasteiger partial charge in [-0.25, -0.2) is 0 Å². The van der Waals surface area contributed by atoms with Crippen LogP contribution in [-0.2, 0) is 0 Å². The lowest BCUT2D eigenvalue weighted by molar-refractivity contribution is 0.0988. The fourth-order valence-electron chi connectivity index (χ4n) is 2.69. The van der Waals surface area contributed by atoms with Crippen molar-refractivity contribution in [2.24, 2.45) is 0 Å². The molecule has 2 rings (SSSR count). The molecule has 0 aliphatic rings. The molecule has 6 heteroatoms. The Kier molecular flexibility index (Phi) is 7.45. The van der Waals surface area contributed by atoms with Crippen molar-refractivity contribution in [2.45, 2.75) is 6.04 Å². The summed E-state index contributed by atoms with van der Waals surface area (Å²) in [5, 5.41) is 3.68. The van der Waals surface area contributed by atoms with Crippen LogP contribution >= 0.6 is 11.6 Å². The zero-order valence-corrected chi connectivity index (χ0v) is 16.3. The average molecular weight is 377 g/mol. The summed E-state index contributed by atoms with van der Waals surface area (Å²) in [5.74, 6) is 1.37. The molecule has 0 bridgehead atoms. The number of methoxy groups -OCH3 is 2. The third-order valence-electron chi connectivity index (χ3n) is 4.22. The lowest BCUT2D eigenvalue weighted by atomic mass is 10.1. The molecule has 0 saturated heterocycles. The first-order valence-electron chi connectivity index (χ1n) is 8.34. The summed E-state index contributed by atoms with van der Waals surface area (Å²) >= 11 is 6.09. The van der Waals surface area contributed by atoms with Crippen LogP contribution in [0.3, 0.4) is 0 Å². The molecule has 0 aliphatic carbocycles. The van der Waals surface area contributed by atoms with Crippen LogP contribution in [0.2, 0.25) is 5.02 Å². The van der Waals surface area contributed by atoms with Gasteiger partial charge in [-0.2, -0.15) is 0 Å². The fourth-order valence-corrected chi connectivity index (χ4v) is 2.95. The SMILES string of the molecule is COc1ccc(C(CNCC(=O)c2ccc(OC)c(Cl)c2)N(C)C)cc1. The van der Waals surface area contributed by atoms with Crippen molar-refractivity contribution in [1.82, 2.24) is 10.2 Å². The van der Waals surface area contributed by atoms with Crippen LogP contribution in [0.25, 0.3) is 0 Å². The average Bonchev–Trinajstić information content (AvgIpc) is 2.64. The Morgan fingerprint density at radius 1 is 1.12 bits per heavy atom. The second-order valence-corrected chi connectivity index (χ2v) is 6.56. The van der Waals surface area contributed by atoms with Crippen molar-refractivity contribution in [2.75, 3.05) is 41.4 Å². The number of nitrogens with one attached hydrogen (secondary N) is 1. The number of hydrogen-bond acceptors (Lipinski definition) is 5. The van der Waals surface area contributed by atoms with Gasteiger partial charge in [0, 0.05) is 18.2 Å². The minimum atomic E-state index is -0.0122. The van der Waals surface area contributed by atoms with Gasteiger partial charge in [0.2, 0.25) is 0 Å². The van der Waals surface area contributed by atoms with E-state index < -0.39 is 0 Å². The van der Waals surface area contributed by atoms with Crippen LogP contribution < -0.4 is 14.8 Å². The number of Topliss-reactive ketones (excluding diaryl/α,β-unsaturated/α-hetero) is 1. The summed E-state index contributed by atoms with van der Waals surface area (Å²) in [6.45, 7) is 0.887. The van der Waals surface area contributed by atoms with E-state index in [0.717, 1.165) is 11.3 Å². The molecule has 0 heterocycles. The number of carbonyl (C=O) groups excluding carboxylic acids is 1. The van der Waals surface area contributed by atoms with E-state index in [2.05, 4.69) is 10.2 Å². The number of benzene rings is 2. The standard InChI is InChI=1S/C20H25ClN2O3/c1-23(2)18(14-5-8-16(25-3)9-6-14)12-22-13-19(24)15-7-10-20(26-4)17(21)11-15/h5-11,18,22H,12-13H2,1-4H3. The lowest BCUT2D eigenvalue weighted by Crippen LogP contribution is -2.33. The highest BCUT2D eigenvalue weighted by molar-refractivity contribution is 6.32. The highest BCUT2D eigenvalue weighted by Crippen LogP contribution is 2.25. The molecule has 1 N–H and O–H groups in total. The minimum absolute atomic E-state index is 0.0122. The van der Waals surface area contributed by atoms with Gasteiger partial charge in [0.05, 0.1) is 25.8 Å². The first-order valence-corrected chi connectivity index (χ1v) is 8.72. The largest absolute Gasteiger partial charge is 0.497 e. The molecule has 1 atom stereocenters. The number of hydrogen-bond donors (Lipinski definition) is 1. The maximum Gasteiger partial charge on any atom is 0.176 e. The van der Waals surface area contributed by atoms with Crippen molar-refractivity contribution >= 4 is 17.4 Å². The van der Waals surface area contributed by atoms with Gasteiger partial charge >= 0.3 is 0 Å². The highest BCUT2D eigenvalue weighted by Gasteiger charge is 2.15. The van der Waals surface area contributed by atoms with Gasteiger partial charge in [0.1, 0.15) is 11.5 Å². The van der Waals surface area contributed by atoms with Crippen LogP contribution in [0.1, 0.15) is 22.0 Å². The number of ketones is 1. The van der Waals surface area contributed by atoms with E-state index in [0.29, 0.717) is 22.9 Å². The number of rotatable bonds is 9. The van der Waals surface area contributed by atoms with E-state index >= 15 is 0 Å². The van der Waals surface area contributed by atoms with Crippen molar-refractivity contribution in [1.29, 1.82) is 0 Å². The van der Waals surface area contributed by atoms with Gasteiger partial charge in [0.25, 0.3) is 0 Å². The normalized spacial score (nSPS) is 12.1. The molecule has 0 amide bonds. The predicted molar refractivity (Wildman–Crippen MR) is 105 cm³/mol. The molecule has 0 fully saturated rings. The Morgan fingerprint density at radius 2 is 1.81 bits per heavy atom. The second kappa shape index (κ2) is 9.57. The van der Waals surface area contributed by atoms with E-state index in [-0.39, 0.29) is 18.4 Å². The van der Waals surface area contributed by atoms with Crippen LogP contribution in [0.15, 0.2) is 42.5 Å². The Bertz CT molecular complexity index is 732. The van der Waals surface area contributed by atoms with Gasteiger partial charge in [0.15, 0.2) is 5.78 Å². The van der Waals surface area contributed by atoms with E-state index in [9.17, 15) is 4.79 Å². The Morgan fingerprint density at radius 3 is 2.35 bits per heavy atom. The summed E-state index contributed by atoms with van der Waals surface area (Å²) < 4.78 is 10.3. The molecular weight excluding hydrogens is 352 g/mol. The van der Waals surface area contributed by atoms with Crippen molar-refractivity contribution in [3.05, 3.63) is 58.6 Å². The summed E-state index contributed by atoms with van der Waals surface area (Å²) in [6, 6.07) is 13.2. The van der Waals surface area contributed by atoms with Crippen LogP contribution in [0.5, 0.6) is 11.5 Å². The summed E-state index contributed by atoms with van der Waals surface area (Å²) in [5.41, 5.74) is 1.72. The number of nitrogens with zero attached hydrogens (tertiary/aromatic N) is 1. The number of likely N-dealkylation sites (N-methyl/N-ethyl adjacent to an activating group) is 1. The number of ether oxygens (including phenoxy) is 2. The van der Waals surface area contributed by atoms with Gasteiger partial charge in [-0.05, 0) is 50.0 Å². The highest BCUT2D eigenvalue weighted by atomic mass is 35.5. The summed E-state index contributed by atoms with van der Waals surface area (Å²) in [7, 11) is 7.23. The zero-order valence-electron chi connectivity index (χ0n) is 15.6. The molecule has 0 spiro atoms. The van der Waals surface area contributed by atoms with Crippen LogP contribution in [0, 0.1) is 0 Å². The molecule has 5 nitrogen and oxygen atoms in total. The molecule has 0 radical (unpaired) electrons. The molecule has 2 aromatic carbocycles. The molecular formula is C20H25ClN2O3. The van der Waals surface area contributed by atoms with Crippen molar-refractivity contribution in [3.63, 3.8) is 0 Å². The van der Waals surface area contributed by atoms with Crippen LogP contribution in [-0.4, -0.2) is 52.1 Å². The molecule has 0 saturated carbocycles. The topological polar surface area (TPSA) is 50.8 Å². The first kappa shape index (κ1) is 20.2. The van der Waals surface area contributed by atoms with Gasteiger partial charge in [-0.1, -0.05) is 23.7 Å². The quantitative estimate of drug-likeness (QED) is 0.679. The number of carbonyl (C=O) groups is 1. The molecule has 140 valence electrons. The van der Waals surface area contributed by atoms with Gasteiger partial charge < -0.3 is 19.7 Å². The minimum Gasteiger partial charge on any atom is -0.497 e. The maximum absolute atomic E-state index is 12.4. The Hall–Kier alpha value is -2.08. The van der Waals surface area contributed by atoms with E-state index in [4.69, 9.17) is 21.1 Å². The second-order valence-electron chi connectivity index (χ2n) is 6.16. The van der Waals surface area contributed by atoms with Crippen molar-refractivity contribution < 1.29 is 14.3 Å². The Balaban J connectivity index is 1.96. The molecule has 1 unspecified atom stereocenters. The molecule has 0 aromatic heterocycles. The van der Waals surface area contributed by atoms with E-state index in [1.165, 1.54) is 0 Å². The third kappa shape index (κ3) is 5.21. The summed E-state index contributed by atoms with van der Waals surface area (Å²) in [4.78, 5) is 14.5. The van der Waals surface area contributed by atoms with E-state index in [1.807, 2.05) is 38.4 Å². The van der Waals surface area contributed by atoms with Crippen molar-refractivity contribution in [3.8, 4) is 11.5 Å².